The molecule has 0 aliphatic heterocycles. The van der Waals surface area contributed by atoms with Crippen LogP contribution in [0.4, 0.5) is 0 Å². The van der Waals surface area contributed by atoms with Gasteiger partial charge in [0.1, 0.15) is 12.1 Å². The maximum atomic E-state index is 12.1. The fraction of sp³-hybridized carbons (Fsp3) is 0.0667. The van der Waals surface area contributed by atoms with Gasteiger partial charge >= 0.3 is 5.97 Å². The summed E-state index contributed by atoms with van der Waals surface area (Å²) in [7, 11) is 0. The Kier molecular flexibility index (Phi) is 3.33. The Labute approximate surface area is 115 Å². The lowest BCUT2D eigenvalue weighted by molar-refractivity contribution is 0.0474. The van der Waals surface area contributed by atoms with Crippen LogP contribution in [0.3, 0.4) is 0 Å². The van der Waals surface area contributed by atoms with E-state index >= 15 is 0 Å². The average molecular weight is 265 g/mol. The van der Waals surface area contributed by atoms with Gasteiger partial charge in [-0.25, -0.2) is 14.8 Å². The first kappa shape index (κ1) is 12.2. The highest BCUT2D eigenvalue weighted by atomic mass is 16.5. The van der Waals surface area contributed by atoms with Gasteiger partial charge in [-0.2, -0.15) is 0 Å². The number of ether oxygens (including phenoxy) is 1. The van der Waals surface area contributed by atoms with E-state index in [0.29, 0.717) is 16.7 Å². The van der Waals surface area contributed by atoms with Crippen molar-refractivity contribution in [2.75, 3.05) is 0 Å². The number of nitrogens with zero attached hydrogens (tertiary/aromatic N) is 3. The van der Waals surface area contributed by atoms with Gasteiger partial charge in [0.05, 0.1) is 5.56 Å². The molecule has 2 heterocycles. The van der Waals surface area contributed by atoms with Gasteiger partial charge in [0.25, 0.3) is 0 Å². The summed E-state index contributed by atoms with van der Waals surface area (Å²) in [4.78, 5) is 24.4. The molecule has 3 rings (SSSR count). The van der Waals surface area contributed by atoms with E-state index in [4.69, 9.17) is 4.74 Å². The van der Waals surface area contributed by atoms with Crippen molar-refractivity contribution in [3.63, 3.8) is 0 Å². The predicted octanol–water partition coefficient (Wildman–Crippen LogP) is 2.38. The van der Waals surface area contributed by atoms with E-state index in [1.807, 2.05) is 30.3 Å². The van der Waals surface area contributed by atoms with Crippen LogP contribution >= 0.6 is 0 Å². The summed E-state index contributed by atoms with van der Waals surface area (Å²) in [6.07, 6.45) is 4.59. The topological polar surface area (TPSA) is 65.0 Å². The van der Waals surface area contributed by atoms with Gasteiger partial charge < -0.3 is 4.74 Å². The molecular weight excluding hydrogens is 254 g/mol. The van der Waals surface area contributed by atoms with Gasteiger partial charge in [-0.15, -0.1) is 0 Å². The molecule has 5 heteroatoms. The third-order valence-electron chi connectivity index (χ3n) is 2.80. The molecule has 0 radical (unpaired) electrons. The molecule has 0 amide bonds. The molecule has 0 aliphatic rings. The Bertz CT molecular complexity index is 739. The van der Waals surface area contributed by atoms with Crippen LogP contribution in [0.15, 0.2) is 55.0 Å². The molecule has 3 aromatic rings. The summed E-state index contributed by atoms with van der Waals surface area (Å²) in [5.41, 5.74) is 2.19. The van der Waals surface area contributed by atoms with Crippen LogP contribution in [0.1, 0.15) is 15.9 Å². The number of aromatic nitrogens is 3. The van der Waals surface area contributed by atoms with Gasteiger partial charge in [0, 0.05) is 18.6 Å². The molecule has 20 heavy (non-hydrogen) atoms. The van der Waals surface area contributed by atoms with Crippen LogP contribution in [0, 0.1) is 0 Å². The minimum absolute atomic E-state index is 0.226. The molecule has 0 fully saturated rings. The summed E-state index contributed by atoms with van der Waals surface area (Å²) in [6, 6.07) is 11.1. The van der Waals surface area contributed by atoms with Gasteiger partial charge in [-0.1, -0.05) is 30.3 Å². The van der Waals surface area contributed by atoms with Crippen molar-refractivity contribution in [3.05, 3.63) is 66.1 Å². The highest BCUT2D eigenvalue weighted by Crippen LogP contribution is 2.13. The van der Waals surface area contributed by atoms with Gasteiger partial charge in [0.15, 0.2) is 5.65 Å². The highest BCUT2D eigenvalue weighted by molar-refractivity contribution is 6.00. The number of rotatable bonds is 3. The zero-order chi connectivity index (χ0) is 13.8. The number of benzene rings is 1. The zero-order valence-corrected chi connectivity index (χ0v) is 10.6. The molecule has 1 aromatic carbocycles. The molecule has 0 saturated carbocycles. The number of carbonyl (C=O) groups is 1. The monoisotopic (exact) mass is 265 g/mol. The molecule has 5 nitrogen and oxygen atoms in total. The van der Waals surface area contributed by atoms with Gasteiger partial charge in [0.2, 0.25) is 0 Å². The lowest BCUT2D eigenvalue weighted by Crippen LogP contribution is -2.07. The third-order valence-corrected chi connectivity index (χ3v) is 2.80. The van der Waals surface area contributed by atoms with Crippen LogP contribution in [-0.4, -0.2) is 20.9 Å². The van der Waals surface area contributed by atoms with Gasteiger partial charge in [-0.05, 0) is 11.6 Å². The molecule has 0 bridgehead atoms. The molecule has 0 saturated heterocycles. The first-order chi connectivity index (χ1) is 9.84. The Morgan fingerprint density at radius 1 is 0.950 bits per heavy atom. The largest absolute Gasteiger partial charge is 0.457 e. The van der Waals surface area contributed by atoms with Crippen molar-refractivity contribution in [2.24, 2.45) is 0 Å². The maximum absolute atomic E-state index is 12.1. The van der Waals surface area contributed by atoms with E-state index in [1.165, 1.54) is 18.6 Å². The Hall–Kier alpha value is -2.82. The molecular formula is C15H11N3O2. The molecule has 0 spiro atoms. The van der Waals surface area contributed by atoms with Crippen molar-refractivity contribution in [2.45, 2.75) is 6.61 Å². The van der Waals surface area contributed by atoms with E-state index < -0.39 is 5.97 Å². The van der Waals surface area contributed by atoms with Crippen LogP contribution in [0.2, 0.25) is 0 Å². The fourth-order valence-electron chi connectivity index (χ4n) is 1.84. The minimum atomic E-state index is -0.429. The van der Waals surface area contributed by atoms with E-state index in [9.17, 15) is 4.79 Å². The second-order valence-electron chi connectivity index (χ2n) is 4.15. The summed E-state index contributed by atoms with van der Waals surface area (Å²) in [5.74, 6) is -0.429. The minimum Gasteiger partial charge on any atom is -0.457 e. The van der Waals surface area contributed by atoms with E-state index in [1.54, 1.807) is 6.07 Å². The van der Waals surface area contributed by atoms with Crippen molar-refractivity contribution in [1.82, 2.24) is 15.0 Å². The molecule has 0 N–H and O–H groups in total. The molecule has 0 atom stereocenters. The zero-order valence-electron chi connectivity index (χ0n) is 10.6. The Balaban J connectivity index is 1.82. The third kappa shape index (κ3) is 2.47. The molecule has 0 aliphatic carbocycles. The number of esters is 1. The fourth-order valence-corrected chi connectivity index (χ4v) is 1.84. The van der Waals surface area contributed by atoms with Crippen LogP contribution < -0.4 is 0 Å². The number of hydrogen-bond donors (Lipinski definition) is 0. The number of carbonyl (C=O) groups excluding carboxylic acids is 1. The summed E-state index contributed by atoms with van der Waals surface area (Å²) in [6.45, 7) is 0.226. The summed E-state index contributed by atoms with van der Waals surface area (Å²) in [5, 5.41) is 0. The van der Waals surface area contributed by atoms with E-state index in [-0.39, 0.29) is 6.61 Å². The number of hydrogen-bond acceptors (Lipinski definition) is 5. The van der Waals surface area contributed by atoms with E-state index in [0.717, 1.165) is 5.56 Å². The van der Waals surface area contributed by atoms with Crippen molar-refractivity contribution in [1.29, 1.82) is 0 Å². The normalized spacial score (nSPS) is 10.4. The van der Waals surface area contributed by atoms with Crippen molar-refractivity contribution in [3.8, 4) is 0 Å². The lowest BCUT2D eigenvalue weighted by atomic mass is 10.2. The Morgan fingerprint density at radius 2 is 1.70 bits per heavy atom. The summed E-state index contributed by atoms with van der Waals surface area (Å²) < 4.78 is 5.29. The smallest absolute Gasteiger partial charge is 0.340 e. The maximum Gasteiger partial charge on any atom is 0.340 e. The molecule has 0 unspecified atom stereocenters. The predicted molar refractivity (Wildman–Crippen MR) is 72.9 cm³/mol. The number of pyridine rings is 1. The van der Waals surface area contributed by atoms with Gasteiger partial charge in [-0.3, -0.25) is 4.98 Å². The van der Waals surface area contributed by atoms with Crippen molar-refractivity contribution < 1.29 is 9.53 Å². The first-order valence-corrected chi connectivity index (χ1v) is 6.11. The van der Waals surface area contributed by atoms with E-state index in [2.05, 4.69) is 15.0 Å². The second-order valence-corrected chi connectivity index (χ2v) is 4.15. The molecule has 2 aromatic heterocycles. The SMILES string of the molecule is O=C(OCc1ccccc1)c1ccnc2nccnc12. The Morgan fingerprint density at radius 3 is 2.55 bits per heavy atom. The van der Waals surface area contributed by atoms with Crippen LogP contribution in [0.25, 0.3) is 11.2 Å². The standard InChI is InChI=1S/C15H11N3O2/c19-15(20-10-11-4-2-1-3-5-11)12-6-7-17-14-13(12)16-8-9-18-14/h1-9H,10H2. The quantitative estimate of drug-likeness (QED) is 0.680. The van der Waals surface area contributed by atoms with Crippen LogP contribution in [-0.2, 0) is 11.3 Å². The number of fused-ring (bicyclic) bond motifs is 1. The highest BCUT2D eigenvalue weighted by Gasteiger charge is 2.13. The first-order valence-electron chi connectivity index (χ1n) is 6.11. The van der Waals surface area contributed by atoms with Crippen LogP contribution in [0.5, 0.6) is 0 Å². The lowest BCUT2D eigenvalue weighted by Gasteiger charge is -2.06. The van der Waals surface area contributed by atoms with Crippen molar-refractivity contribution >= 4 is 17.1 Å². The molecule has 98 valence electrons. The summed E-state index contributed by atoms with van der Waals surface area (Å²) >= 11 is 0. The second kappa shape index (κ2) is 5.44. The average Bonchev–Trinajstić information content (AvgIpc) is 2.53.